The van der Waals surface area contributed by atoms with Crippen LogP contribution in [0, 0.1) is 6.92 Å². The summed E-state index contributed by atoms with van der Waals surface area (Å²) >= 11 is 0. The standard InChI is InChI=1S/C15H23NO/c1-5-6-11-16-14(17)15(3,4)13-9-7-12(2)8-10-13/h7-10H,5-6,11H2,1-4H3,(H,16,17). The number of carbonyl (C=O) groups is 1. The van der Waals surface area contributed by atoms with E-state index in [-0.39, 0.29) is 5.91 Å². The molecule has 0 saturated carbocycles. The lowest BCUT2D eigenvalue weighted by molar-refractivity contribution is -0.125. The van der Waals surface area contributed by atoms with Crippen LogP contribution in [0.1, 0.15) is 44.7 Å². The van der Waals surface area contributed by atoms with Gasteiger partial charge in [-0.3, -0.25) is 4.79 Å². The molecule has 0 aromatic heterocycles. The molecule has 2 nitrogen and oxygen atoms in total. The van der Waals surface area contributed by atoms with Gasteiger partial charge in [0.25, 0.3) is 0 Å². The van der Waals surface area contributed by atoms with Gasteiger partial charge in [-0.1, -0.05) is 43.2 Å². The summed E-state index contributed by atoms with van der Waals surface area (Å²) < 4.78 is 0. The number of benzene rings is 1. The maximum Gasteiger partial charge on any atom is 0.230 e. The Bertz CT molecular complexity index is 365. The van der Waals surface area contributed by atoms with Gasteiger partial charge in [0, 0.05) is 6.54 Å². The summed E-state index contributed by atoms with van der Waals surface area (Å²) in [7, 11) is 0. The molecule has 1 N–H and O–H groups in total. The quantitative estimate of drug-likeness (QED) is 0.777. The first kappa shape index (κ1) is 13.8. The average molecular weight is 233 g/mol. The Balaban J connectivity index is 2.72. The van der Waals surface area contributed by atoms with Crippen molar-refractivity contribution in [3.8, 4) is 0 Å². The van der Waals surface area contributed by atoms with Crippen LogP contribution < -0.4 is 5.32 Å². The topological polar surface area (TPSA) is 29.1 Å². The summed E-state index contributed by atoms with van der Waals surface area (Å²) in [5, 5.41) is 3.00. The Hall–Kier alpha value is -1.31. The molecule has 1 aromatic carbocycles. The summed E-state index contributed by atoms with van der Waals surface area (Å²) in [4.78, 5) is 12.1. The molecule has 1 aromatic rings. The van der Waals surface area contributed by atoms with Crippen molar-refractivity contribution >= 4 is 5.91 Å². The minimum Gasteiger partial charge on any atom is -0.355 e. The fourth-order valence-electron chi connectivity index (χ4n) is 1.70. The first-order valence-corrected chi connectivity index (χ1v) is 6.34. The molecular formula is C15H23NO. The molecule has 0 bridgehead atoms. The zero-order valence-corrected chi connectivity index (χ0v) is 11.3. The van der Waals surface area contributed by atoms with Gasteiger partial charge in [0.15, 0.2) is 0 Å². The van der Waals surface area contributed by atoms with Gasteiger partial charge in [0.2, 0.25) is 5.91 Å². The normalized spacial score (nSPS) is 11.3. The molecule has 0 aliphatic heterocycles. The molecule has 0 heterocycles. The maximum absolute atomic E-state index is 12.1. The van der Waals surface area contributed by atoms with Crippen LogP contribution in [0.3, 0.4) is 0 Å². The molecule has 1 amide bonds. The molecule has 0 unspecified atom stereocenters. The van der Waals surface area contributed by atoms with Crippen molar-refractivity contribution in [2.45, 2.75) is 46.0 Å². The number of carbonyl (C=O) groups excluding carboxylic acids is 1. The summed E-state index contributed by atoms with van der Waals surface area (Å²) in [5.41, 5.74) is 1.83. The summed E-state index contributed by atoms with van der Waals surface area (Å²) in [5.74, 6) is 0.106. The van der Waals surface area contributed by atoms with Gasteiger partial charge < -0.3 is 5.32 Å². The van der Waals surface area contributed by atoms with Crippen LogP contribution in [0.15, 0.2) is 24.3 Å². The van der Waals surface area contributed by atoms with Crippen LogP contribution in [-0.2, 0) is 10.2 Å². The summed E-state index contributed by atoms with van der Waals surface area (Å²) in [6.07, 6.45) is 2.14. The SMILES string of the molecule is CCCCNC(=O)C(C)(C)c1ccc(C)cc1. The number of nitrogens with one attached hydrogen (secondary N) is 1. The van der Waals surface area contributed by atoms with Crippen molar-refractivity contribution < 1.29 is 4.79 Å². The molecule has 2 heteroatoms. The third-order valence-corrected chi connectivity index (χ3v) is 3.16. The van der Waals surface area contributed by atoms with Crippen LogP contribution in [0.25, 0.3) is 0 Å². The number of rotatable bonds is 5. The van der Waals surface area contributed by atoms with E-state index < -0.39 is 5.41 Å². The first-order chi connectivity index (χ1) is 7.98. The van der Waals surface area contributed by atoms with Crippen molar-refractivity contribution in [3.05, 3.63) is 35.4 Å². The first-order valence-electron chi connectivity index (χ1n) is 6.34. The summed E-state index contributed by atoms with van der Waals surface area (Å²) in [6, 6.07) is 8.18. The van der Waals surface area contributed by atoms with E-state index in [2.05, 4.69) is 31.3 Å². The van der Waals surface area contributed by atoms with E-state index in [1.54, 1.807) is 0 Å². The average Bonchev–Trinajstić information content (AvgIpc) is 2.29. The van der Waals surface area contributed by atoms with Crippen molar-refractivity contribution in [2.75, 3.05) is 6.54 Å². The Morgan fingerprint density at radius 2 is 1.82 bits per heavy atom. The van der Waals surface area contributed by atoms with Gasteiger partial charge >= 0.3 is 0 Å². The van der Waals surface area contributed by atoms with Gasteiger partial charge in [0.1, 0.15) is 0 Å². The number of hydrogen-bond donors (Lipinski definition) is 1. The van der Waals surface area contributed by atoms with Crippen LogP contribution in [0.2, 0.25) is 0 Å². The second-order valence-corrected chi connectivity index (χ2v) is 5.10. The highest BCUT2D eigenvalue weighted by Gasteiger charge is 2.29. The minimum absolute atomic E-state index is 0.106. The Morgan fingerprint density at radius 1 is 1.24 bits per heavy atom. The van der Waals surface area contributed by atoms with E-state index in [9.17, 15) is 4.79 Å². The maximum atomic E-state index is 12.1. The zero-order chi connectivity index (χ0) is 12.9. The Labute approximate surface area is 104 Å². The molecule has 17 heavy (non-hydrogen) atoms. The lowest BCUT2D eigenvalue weighted by Crippen LogP contribution is -2.40. The van der Waals surface area contributed by atoms with Crippen LogP contribution in [-0.4, -0.2) is 12.5 Å². The molecule has 0 aliphatic rings. The van der Waals surface area contributed by atoms with E-state index in [1.165, 1.54) is 5.56 Å². The number of hydrogen-bond acceptors (Lipinski definition) is 1. The van der Waals surface area contributed by atoms with Gasteiger partial charge in [-0.25, -0.2) is 0 Å². The van der Waals surface area contributed by atoms with Crippen molar-refractivity contribution in [3.63, 3.8) is 0 Å². The van der Waals surface area contributed by atoms with E-state index in [1.807, 2.05) is 26.0 Å². The molecule has 0 spiro atoms. The number of amides is 1. The molecule has 0 atom stereocenters. The van der Waals surface area contributed by atoms with Crippen molar-refractivity contribution in [1.29, 1.82) is 0 Å². The highest BCUT2D eigenvalue weighted by molar-refractivity contribution is 5.87. The minimum atomic E-state index is -0.457. The predicted molar refractivity (Wildman–Crippen MR) is 72.1 cm³/mol. The Kier molecular flexibility index (Phi) is 4.73. The predicted octanol–water partition coefficient (Wildman–Crippen LogP) is 3.19. The highest BCUT2D eigenvalue weighted by Crippen LogP contribution is 2.23. The van der Waals surface area contributed by atoms with Gasteiger partial charge in [-0.15, -0.1) is 0 Å². The Morgan fingerprint density at radius 3 is 2.35 bits per heavy atom. The highest BCUT2D eigenvalue weighted by atomic mass is 16.2. The van der Waals surface area contributed by atoms with Crippen LogP contribution >= 0.6 is 0 Å². The molecule has 94 valence electrons. The lowest BCUT2D eigenvalue weighted by Gasteiger charge is -2.24. The number of unbranched alkanes of at least 4 members (excludes halogenated alkanes) is 1. The van der Waals surface area contributed by atoms with E-state index in [0.717, 1.165) is 24.9 Å². The molecule has 0 aliphatic carbocycles. The zero-order valence-electron chi connectivity index (χ0n) is 11.3. The largest absolute Gasteiger partial charge is 0.355 e. The third kappa shape index (κ3) is 3.58. The van der Waals surface area contributed by atoms with E-state index in [4.69, 9.17) is 0 Å². The van der Waals surface area contributed by atoms with Crippen molar-refractivity contribution in [2.24, 2.45) is 0 Å². The van der Waals surface area contributed by atoms with Crippen LogP contribution in [0.4, 0.5) is 0 Å². The fourth-order valence-corrected chi connectivity index (χ4v) is 1.70. The molecule has 0 saturated heterocycles. The monoisotopic (exact) mass is 233 g/mol. The second kappa shape index (κ2) is 5.85. The third-order valence-electron chi connectivity index (χ3n) is 3.16. The van der Waals surface area contributed by atoms with Gasteiger partial charge in [-0.2, -0.15) is 0 Å². The smallest absolute Gasteiger partial charge is 0.230 e. The number of aryl methyl sites for hydroxylation is 1. The van der Waals surface area contributed by atoms with Crippen LogP contribution in [0.5, 0.6) is 0 Å². The molecule has 1 rings (SSSR count). The molecule has 0 radical (unpaired) electrons. The van der Waals surface area contributed by atoms with E-state index in [0.29, 0.717) is 0 Å². The van der Waals surface area contributed by atoms with E-state index >= 15 is 0 Å². The summed E-state index contributed by atoms with van der Waals surface area (Å²) in [6.45, 7) is 8.89. The second-order valence-electron chi connectivity index (χ2n) is 5.10. The van der Waals surface area contributed by atoms with Gasteiger partial charge in [-0.05, 0) is 32.8 Å². The molecular weight excluding hydrogens is 210 g/mol. The fraction of sp³-hybridized carbons (Fsp3) is 0.533. The van der Waals surface area contributed by atoms with Crippen molar-refractivity contribution in [1.82, 2.24) is 5.32 Å². The lowest BCUT2D eigenvalue weighted by atomic mass is 9.83. The van der Waals surface area contributed by atoms with Gasteiger partial charge in [0.05, 0.1) is 5.41 Å². The molecule has 0 fully saturated rings.